The van der Waals surface area contributed by atoms with Crippen LogP contribution >= 0.6 is 11.6 Å². The lowest BCUT2D eigenvalue weighted by atomic mass is 9.43. The Kier molecular flexibility index (Phi) is 4.70. The Hall–Kier alpha value is -0.940. The average molecular weight is 389 g/mol. The van der Waals surface area contributed by atoms with Crippen molar-refractivity contribution < 1.29 is 9.53 Å². The fraction of sp³-hybridized carbons (Fsp3) is 0.792. The van der Waals surface area contributed by atoms with Crippen LogP contribution in [0.1, 0.15) is 85.5 Å². The van der Waals surface area contributed by atoms with Crippen LogP contribution in [0.2, 0.25) is 0 Å². The summed E-state index contributed by atoms with van der Waals surface area (Å²) in [6, 6.07) is 0. The lowest BCUT2D eigenvalue weighted by molar-refractivity contribution is -0.165. The molecule has 0 spiro atoms. The summed E-state index contributed by atoms with van der Waals surface area (Å²) in [5.41, 5.74) is 4.00. The normalized spacial score (nSPS) is 45.9. The van der Waals surface area contributed by atoms with Gasteiger partial charge in [0.05, 0.1) is 5.41 Å². The van der Waals surface area contributed by atoms with Crippen LogP contribution in [-0.4, -0.2) is 12.1 Å². The van der Waals surface area contributed by atoms with E-state index < -0.39 is 0 Å². The van der Waals surface area contributed by atoms with Gasteiger partial charge in [0.1, 0.15) is 6.10 Å². The highest BCUT2D eigenvalue weighted by Crippen LogP contribution is 2.68. The maximum atomic E-state index is 11.5. The van der Waals surface area contributed by atoms with Crippen LogP contribution in [0.25, 0.3) is 0 Å². The number of rotatable bonds is 1. The van der Waals surface area contributed by atoms with Crippen molar-refractivity contribution in [2.24, 2.45) is 28.1 Å². The summed E-state index contributed by atoms with van der Waals surface area (Å²) in [6.45, 7) is 8.86. The third kappa shape index (κ3) is 2.88. The molecular weight excluding hydrogens is 356 g/mol. The Morgan fingerprint density at radius 2 is 1.89 bits per heavy atom. The molecule has 27 heavy (non-hydrogen) atoms. The molecule has 0 aromatic carbocycles. The molecule has 2 fully saturated rings. The minimum atomic E-state index is -0.126. The maximum absolute atomic E-state index is 11.5. The summed E-state index contributed by atoms with van der Waals surface area (Å²) >= 11 is 5.80. The van der Waals surface area contributed by atoms with Gasteiger partial charge >= 0.3 is 5.97 Å². The van der Waals surface area contributed by atoms with Crippen LogP contribution in [-0.2, 0) is 9.53 Å². The quantitative estimate of drug-likeness (QED) is 0.302. The Morgan fingerprint density at radius 1 is 1.11 bits per heavy atom. The monoisotopic (exact) mass is 388 g/mol. The number of carbonyl (C=O) groups is 1. The molecular formula is C24H33ClO2. The van der Waals surface area contributed by atoms with Crippen molar-refractivity contribution >= 4 is 17.6 Å². The maximum Gasteiger partial charge on any atom is 0.302 e. The largest absolute Gasteiger partial charge is 0.463 e. The minimum Gasteiger partial charge on any atom is -0.463 e. The van der Waals surface area contributed by atoms with Crippen molar-refractivity contribution in [3.8, 4) is 11.3 Å². The zero-order valence-corrected chi connectivity index (χ0v) is 18.0. The molecule has 3 heteroatoms. The van der Waals surface area contributed by atoms with Gasteiger partial charge in [-0.3, -0.25) is 4.79 Å². The molecule has 0 bridgehead atoms. The van der Waals surface area contributed by atoms with Gasteiger partial charge in [0.15, 0.2) is 0 Å². The van der Waals surface area contributed by atoms with Crippen molar-refractivity contribution in [3.63, 3.8) is 0 Å². The number of fused-ring (bicyclic) bond motifs is 4. The number of esters is 1. The van der Waals surface area contributed by atoms with E-state index in [9.17, 15) is 4.79 Å². The molecule has 0 N–H and O–H groups in total. The first-order valence-electron chi connectivity index (χ1n) is 10.7. The topological polar surface area (TPSA) is 26.3 Å². The lowest BCUT2D eigenvalue weighted by Gasteiger charge is -2.62. The van der Waals surface area contributed by atoms with Gasteiger partial charge in [-0.2, -0.15) is 0 Å². The van der Waals surface area contributed by atoms with E-state index in [2.05, 4.69) is 32.1 Å². The van der Waals surface area contributed by atoms with Gasteiger partial charge in [-0.15, -0.1) is 0 Å². The molecule has 148 valence electrons. The van der Waals surface area contributed by atoms with E-state index >= 15 is 0 Å². The third-order valence-electron chi connectivity index (χ3n) is 9.11. The fourth-order valence-electron chi connectivity index (χ4n) is 7.44. The molecule has 2 nitrogen and oxygen atoms in total. The van der Waals surface area contributed by atoms with E-state index in [4.69, 9.17) is 16.3 Å². The first-order chi connectivity index (χ1) is 12.7. The van der Waals surface area contributed by atoms with Gasteiger partial charge in [0.2, 0.25) is 0 Å². The average Bonchev–Trinajstić information content (AvgIpc) is 2.93. The Labute approximate surface area is 169 Å². The second-order valence-corrected chi connectivity index (χ2v) is 10.5. The van der Waals surface area contributed by atoms with Crippen molar-refractivity contribution in [2.75, 3.05) is 0 Å². The summed E-state index contributed by atoms with van der Waals surface area (Å²) in [5.74, 6) is 4.69. The van der Waals surface area contributed by atoms with E-state index in [0.717, 1.165) is 31.1 Å². The molecule has 4 rings (SSSR count). The summed E-state index contributed by atoms with van der Waals surface area (Å²) < 4.78 is 5.63. The molecule has 4 aliphatic rings. The molecule has 0 saturated heterocycles. The van der Waals surface area contributed by atoms with Crippen molar-refractivity contribution in [1.82, 2.24) is 0 Å². The highest BCUT2D eigenvalue weighted by molar-refractivity contribution is 6.30. The molecule has 2 saturated carbocycles. The predicted molar refractivity (Wildman–Crippen MR) is 109 cm³/mol. The van der Waals surface area contributed by atoms with Gasteiger partial charge < -0.3 is 4.74 Å². The first kappa shape index (κ1) is 19.4. The van der Waals surface area contributed by atoms with Crippen molar-refractivity contribution in [3.05, 3.63) is 11.1 Å². The highest BCUT2D eigenvalue weighted by atomic mass is 35.5. The number of hydrogen-bond acceptors (Lipinski definition) is 2. The van der Waals surface area contributed by atoms with Crippen LogP contribution in [0.3, 0.4) is 0 Å². The van der Waals surface area contributed by atoms with Gasteiger partial charge in [0.25, 0.3) is 0 Å². The van der Waals surface area contributed by atoms with Gasteiger partial charge in [0, 0.05) is 12.3 Å². The second kappa shape index (κ2) is 6.55. The summed E-state index contributed by atoms with van der Waals surface area (Å²) in [4.78, 5) is 11.5. The predicted octanol–water partition coefficient (Wildman–Crippen LogP) is 6.23. The Bertz CT molecular complexity index is 743. The van der Waals surface area contributed by atoms with E-state index in [1.165, 1.54) is 38.5 Å². The van der Waals surface area contributed by atoms with Gasteiger partial charge in [-0.25, -0.2) is 0 Å². The molecule has 0 radical (unpaired) electrons. The number of hydrogen-bond donors (Lipinski definition) is 0. The third-order valence-corrected chi connectivity index (χ3v) is 9.21. The van der Waals surface area contributed by atoms with Crippen LogP contribution < -0.4 is 0 Å². The molecule has 0 amide bonds. The summed E-state index contributed by atoms with van der Waals surface area (Å²) in [7, 11) is 0. The van der Waals surface area contributed by atoms with Crippen LogP contribution in [0, 0.1) is 39.4 Å². The molecule has 0 unspecified atom stereocenters. The summed E-state index contributed by atoms with van der Waals surface area (Å²) in [6.07, 6.45) is 10.7. The van der Waals surface area contributed by atoms with Crippen molar-refractivity contribution in [1.29, 1.82) is 0 Å². The highest BCUT2D eigenvalue weighted by Gasteiger charge is 2.59. The van der Waals surface area contributed by atoms with Crippen molar-refractivity contribution in [2.45, 2.75) is 91.6 Å². The standard InChI is InChI=1S/C24H33ClO2/c1-16(26)27-17-7-12-24(4)21-6-5-20-18(8-10-22(20,2)13-14-25)19(21)9-11-23(24,3)15-17/h17,19,21H,5-12,15H2,1-4H3/t17-,19+,21-,22+,23+,24+/m1/s1. The van der Waals surface area contributed by atoms with E-state index in [-0.39, 0.29) is 22.9 Å². The molecule has 4 aliphatic carbocycles. The molecule has 6 atom stereocenters. The zero-order valence-electron chi connectivity index (χ0n) is 17.3. The van der Waals surface area contributed by atoms with Crippen LogP contribution in [0.4, 0.5) is 0 Å². The second-order valence-electron chi connectivity index (χ2n) is 10.3. The Morgan fingerprint density at radius 3 is 2.59 bits per heavy atom. The number of allylic oxidation sites excluding steroid dienone is 2. The smallest absolute Gasteiger partial charge is 0.302 e. The van der Waals surface area contributed by atoms with Crippen LogP contribution in [0.5, 0.6) is 0 Å². The minimum absolute atomic E-state index is 0.0106. The van der Waals surface area contributed by atoms with E-state index in [1.807, 2.05) is 0 Å². The molecule has 0 aromatic rings. The zero-order chi connectivity index (χ0) is 19.4. The number of carbonyl (C=O) groups excluding carboxylic acids is 1. The summed E-state index contributed by atoms with van der Waals surface area (Å²) in [5, 5.41) is 2.68. The molecule has 0 aliphatic heterocycles. The first-order valence-corrected chi connectivity index (χ1v) is 11.1. The van der Waals surface area contributed by atoms with E-state index in [1.54, 1.807) is 18.1 Å². The number of ether oxygens (including phenoxy) is 1. The van der Waals surface area contributed by atoms with Gasteiger partial charge in [-0.05, 0) is 99.0 Å². The SMILES string of the molecule is CC(=O)O[C@@H]1CC[C@@]2(C)[C@@H]3CCC4=C(CC[C@@]4(C)C#CCl)[C@@H]3CC[C@@]2(C)C1. The molecule has 0 heterocycles. The van der Waals surface area contributed by atoms with Gasteiger partial charge in [-0.1, -0.05) is 30.9 Å². The number of halogens is 1. The lowest BCUT2D eigenvalue weighted by Crippen LogP contribution is -2.55. The Balaban J connectivity index is 1.62. The fourth-order valence-corrected chi connectivity index (χ4v) is 7.65. The molecule has 0 aromatic heterocycles. The van der Waals surface area contributed by atoms with E-state index in [0.29, 0.717) is 5.41 Å². The van der Waals surface area contributed by atoms with Crippen LogP contribution in [0.15, 0.2) is 11.1 Å².